The van der Waals surface area contributed by atoms with Gasteiger partial charge in [0.1, 0.15) is 0 Å². The van der Waals surface area contributed by atoms with E-state index in [1.54, 1.807) is 0 Å². The lowest BCUT2D eigenvalue weighted by Crippen LogP contribution is -2.35. The Morgan fingerprint density at radius 3 is 2.76 bits per heavy atom. The molecule has 1 fully saturated rings. The van der Waals surface area contributed by atoms with Crippen molar-refractivity contribution >= 4 is 19.6 Å². The van der Waals surface area contributed by atoms with Crippen LogP contribution in [0.2, 0.25) is 0 Å². The molecule has 2 rings (SSSR count). The molecule has 0 aliphatic carbocycles. The van der Waals surface area contributed by atoms with Crippen molar-refractivity contribution in [2.75, 3.05) is 24.9 Å². The summed E-state index contributed by atoms with van der Waals surface area (Å²) in [5.41, 5.74) is 1.82. The zero-order valence-electron chi connectivity index (χ0n) is 10.4. The largest absolute Gasteiger partial charge is 0.369 e. The van der Waals surface area contributed by atoms with Crippen molar-refractivity contribution < 1.29 is 4.79 Å². The molecule has 4 heteroatoms. The zero-order valence-corrected chi connectivity index (χ0v) is 10.4. The summed E-state index contributed by atoms with van der Waals surface area (Å²) < 4.78 is 0. The van der Waals surface area contributed by atoms with E-state index in [1.807, 2.05) is 38.2 Å². The molecule has 1 aliphatic heterocycles. The van der Waals surface area contributed by atoms with Gasteiger partial charge in [0.05, 0.1) is 5.92 Å². The first-order valence-electron chi connectivity index (χ1n) is 5.92. The molecule has 1 saturated heterocycles. The molecule has 0 bridgehead atoms. The van der Waals surface area contributed by atoms with Crippen molar-refractivity contribution in [3.05, 3.63) is 29.8 Å². The summed E-state index contributed by atoms with van der Waals surface area (Å²) >= 11 is 0. The smallest absolute Gasteiger partial charge is 0.238 e. The molecule has 0 spiro atoms. The monoisotopic (exact) mass is 228 g/mol. The van der Waals surface area contributed by atoms with E-state index >= 15 is 0 Å². The molecule has 0 saturated carbocycles. The first kappa shape index (κ1) is 12.2. The van der Waals surface area contributed by atoms with Gasteiger partial charge < -0.3 is 9.71 Å². The lowest BCUT2D eigenvalue weighted by Gasteiger charge is -2.23. The Bertz CT molecular complexity index is 422. The van der Waals surface area contributed by atoms with Crippen molar-refractivity contribution in [2.45, 2.75) is 13.3 Å². The minimum Gasteiger partial charge on any atom is -0.369 e. The molecule has 1 unspecified atom stereocenters. The van der Waals surface area contributed by atoms with Crippen LogP contribution in [-0.4, -0.2) is 38.9 Å². The molecule has 2 radical (unpaired) electrons. The fourth-order valence-corrected chi connectivity index (χ4v) is 2.29. The van der Waals surface area contributed by atoms with E-state index in [1.165, 1.54) is 4.81 Å². The van der Waals surface area contributed by atoms with Crippen LogP contribution in [0, 0.1) is 12.8 Å². The van der Waals surface area contributed by atoms with Crippen molar-refractivity contribution in [2.24, 2.45) is 5.92 Å². The molecule has 1 aromatic rings. The number of nitrogens with zero attached hydrogens (tertiary/aromatic N) is 2. The Kier molecular flexibility index (Phi) is 3.53. The molecule has 88 valence electrons. The van der Waals surface area contributed by atoms with Crippen LogP contribution in [0.4, 0.5) is 5.69 Å². The second-order valence-corrected chi connectivity index (χ2v) is 4.74. The molecular weight excluding hydrogens is 211 g/mol. The molecule has 1 aliphatic rings. The van der Waals surface area contributed by atoms with Crippen molar-refractivity contribution in [1.82, 2.24) is 4.90 Å². The SMILES string of the molecule is [B]N(C(=O)C1CCN(C)C1)c1ccccc1C. The van der Waals surface area contributed by atoms with Crippen LogP contribution in [0.3, 0.4) is 0 Å². The van der Waals surface area contributed by atoms with Gasteiger partial charge in [-0.3, -0.25) is 4.79 Å². The number of rotatable bonds is 2. The number of hydrogen-bond donors (Lipinski definition) is 0. The first-order chi connectivity index (χ1) is 8.09. The summed E-state index contributed by atoms with van der Waals surface area (Å²) in [4.78, 5) is 15.7. The summed E-state index contributed by atoms with van der Waals surface area (Å²) in [5.74, 6) is 0.0493. The number of aryl methyl sites for hydroxylation is 1. The Hall–Kier alpha value is -1.29. The number of hydrogen-bond acceptors (Lipinski definition) is 2. The molecule has 1 heterocycles. The molecule has 1 aromatic carbocycles. The second-order valence-electron chi connectivity index (χ2n) is 4.74. The number of amides is 1. The number of carbonyl (C=O) groups excluding carboxylic acids is 1. The molecular formula is C13H17BN2O. The maximum Gasteiger partial charge on any atom is 0.238 e. The molecule has 1 amide bonds. The predicted molar refractivity (Wildman–Crippen MR) is 70.0 cm³/mol. The number of para-hydroxylation sites is 1. The zero-order chi connectivity index (χ0) is 12.4. The predicted octanol–water partition coefficient (Wildman–Crippen LogP) is 1.36. The van der Waals surface area contributed by atoms with Gasteiger partial charge >= 0.3 is 0 Å². The summed E-state index contributed by atoms with van der Waals surface area (Å²) in [6.07, 6.45) is 0.898. The summed E-state index contributed by atoms with van der Waals surface area (Å²) in [6, 6.07) is 7.69. The third-order valence-electron chi connectivity index (χ3n) is 3.35. The fraction of sp³-hybridized carbons (Fsp3) is 0.462. The van der Waals surface area contributed by atoms with Crippen LogP contribution in [0.1, 0.15) is 12.0 Å². The normalized spacial score (nSPS) is 20.5. The van der Waals surface area contributed by atoms with E-state index in [2.05, 4.69) is 4.90 Å². The van der Waals surface area contributed by atoms with E-state index in [0.717, 1.165) is 30.8 Å². The Labute approximate surface area is 104 Å². The van der Waals surface area contributed by atoms with Crippen LogP contribution in [0.5, 0.6) is 0 Å². The molecule has 1 atom stereocenters. The van der Waals surface area contributed by atoms with Gasteiger partial charge in [-0.25, -0.2) is 0 Å². The maximum atomic E-state index is 12.2. The van der Waals surface area contributed by atoms with Gasteiger partial charge in [0, 0.05) is 12.2 Å². The Morgan fingerprint density at radius 2 is 2.18 bits per heavy atom. The molecule has 0 N–H and O–H groups in total. The minimum atomic E-state index is 0.0173. The van der Waals surface area contributed by atoms with Gasteiger partial charge in [-0.05, 0) is 38.6 Å². The van der Waals surface area contributed by atoms with E-state index in [4.69, 9.17) is 7.98 Å². The van der Waals surface area contributed by atoms with Crippen LogP contribution in [-0.2, 0) is 4.79 Å². The summed E-state index contributed by atoms with van der Waals surface area (Å²) in [7, 11) is 7.96. The van der Waals surface area contributed by atoms with Crippen molar-refractivity contribution in [3.8, 4) is 0 Å². The van der Waals surface area contributed by atoms with Gasteiger partial charge in [0.15, 0.2) is 0 Å². The highest BCUT2D eigenvalue weighted by atomic mass is 16.2. The van der Waals surface area contributed by atoms with Crippen LogP contribution in [0.15, 0.2) is 24.3 Å². The van der Waals surface area contributed by atoms with Crippen molar-refractivity contribution in [1.29, 1.82) is 0 Å². The number of benzene rings is 1. The van der Waals surface area contributed by atoms with E-state index in [9.17, 15) is 4.79 Å². The van der Waals surface area contributed by atoms with Crippen LogP contribution in [0.25, 0.3) is 0 Å². The van der Waals surface area contributed by atoms with Crippen molar-refractivity contribution in [3.63, 3.8) is 0 Å². The number of carbonyl (C=O) groups is 1. The van der Waals surface area contributed by atoms with E-state index in [0.29, 0.717) is 0 Å². The topological polar surface area (TPSA) is 23.6 Å². The lowest BCUT2D eigenvalue weighted by atomic mass is 10.0. The van der Waals surface area contributed by atoms with Gasteiger partial charge in [-0.2, -0.15) is 0 Å². The minimum absolute atomic E-state index is 0.0173. The average molecular weight is 228 g/mol. The molecule has 17 heavy (non-hydrogen) atoms. The highest BCUT2D eigenvalue weighted by Crippen LogP contribution is 2.22. The van der Waals surface area contributed by atoms with Crippen LogP contribution >= 0.6 is 0 Å². The van der Waals surface area contributed by atoms with E-state index < -0.39 is 0 Å². The van der Waals surface area contributed by atoms with Gasteiger partial charge in [-0.15, -0.1) is 0 Å². The van der Waals surface area contributed by atoms with Gasteiger partial charge in [-0.1, -0.05) is 18.2 Å². The number of anilines is 1. The number of likely N-dealkylation sites (tertiary alicyclic amines) is 1. The summed E-state index contributed by atoms with van der Waals surface area (Å²) in [6.45, 7) is 3.74. The van der Waals surface area contributed by atoms with E-state index in [-0.39, 0.29) is 11.8 Å². The highest BCUT2D eigenvalue weighted by molar-refractivity contribution is 6.31. The maximum absolute atomic E-state index is 12.2. The van der Waals surface area contributed by atoms with Crippen LogP contribution < -0.4 is 4.81 Å². The Morgan fingerprint density at radius 1 is 1.47 bits per heavy atom. The summed E-state index contributed by atoms with van der Waals surface area (Å²) in [5, 5.41) is 0. The molecule has 0 aromatic heterocycles. The fourth-order valence-electron chi connectivity index (χ4n) is 2.29. The van der Waals surface area contributed by atoms with Gasteiger partial charge in [0.2, 0.25) is 13.9 Å². The third kappa shape index (κ3) is 2.52. The average Bonchev–Trinajstić information content (AvgIpc) is 2.75. The first-order valence-corrected chi connectivity index (χ1v) is 5.92. The third-order valence-corrected chi connectivity index (χ3v) is 3.35. The Balaban J connectivity index is 2.12. The second kappa shape index (κ2) is 4.92. The quantitative estimate of drug-likeness (QED) is 0.713. The standard InChI is InChI=1S/C13H17BN2O/c1-10-5-3-4-6-12(10)16(14)13(17)11-7-8-15(2)9-11/h3-6,11H,7-9H2,1-2H3. The lowest BCUT2D eigenvalue weighted by molar-refractivity contribution is -0.120. The molecule has 3 nitrogen and oxygen atoms in total. The van der Waals surface area contributed by atoms with Gasteiger partial charge in [0.25, 0.3) is 0 Å². The highest BCUT2D eigenvalue weighted by Gasteiger charge is 2.28.